The fourth-order valence-electron chi connectivity index (χ4n) is 3.69. The van der Waals surface area contributed by atoms with E-state index in [2.05, 4.69) is 34.6 Å². The molecule has 0 fully saturated rings. The Morgan fingerprint density at radius 3 is 1.12 bits per heavy atom. The summed E-state index contributed by atoms with van der Waals surface area (Å²) in [5, 5.41) is 20.5. The van der Waals surface area contributed by atoms with Crippen LogP contribution in [-0.4, -0.2) is 35.8 Å². The molecule has 1 rings (SSSR count). The SMILES string of the molecule is CCCCCCCCCCCCCCCCCCC(=O)[O-].CCc1ccc(C(=O)[O-])cc1.[CH2]CCC.[CH2]CCC.[Sn+2]. The quantitative estimate of drug-likeness (QED) is 0.0961. The van der Waals surface area contributed by atoms with E-state index >= 15 is 0 Å². The first-order chi connectivity index (χ1) is 19.3. The third kappa shape index (κ3) is 43.5. The molecule has 0 aliphatic rings. The maximum absolute atomic E-state index is 10.3. The van der Waals surface area contributed by atoms with Gasteiger partial charge in [0.2, 0.25) is 0 Å². The minimum absolute atomic E-state index is 0. The van der Waals surface area contributed by atoms with E-state index in [0.29, 0.717) is 0 Å². The predicted octanol–water partition coefficient (Wildman–Crippen LogP) is 8.86. The fourth-order valence-corrected chi connectivity index (χ4v) is 3.69. The summed E-state index contributed by atoms with van der Waals surface area (Å²) in [6.07, 6.45) is 26.8. The van der Waals surface area contributed by atoms with Crippen molar-refractivity contribution in [3.8, 4) is 0 Å². The van der Waals surface area contributed by atoms with Crippen molar-refractivity contribution in [2.75, 3.05) is 0 Å². The number of carbonyl (C=O) groups excluding carboxylic acids is 2. The zero-order valence-corrected chi connectivity index (χ0v) is 30.3. The summed E-state index contributed by atoms with van der Waals surface area (Å²) in [4.78, 5) is 20.5. The third-order valence-electron chi connectivity index (χ3n) is 6.54. The van der Waals surface area contributed by atoms with Crippen LogP contribution in [0.25, 0.3) is 0 Å². The van der Waals surface area contributed by atoms with E-state index in [4.69, 9.17) is 0 Å². The molecule has 0 unspecified atom stereocenters. The summed E-state index contributed by atoms with van der Waals surface area (Å²) < 4.78 is 0. The number of aromatic carboxylic acids is 1. The van der Waals surface area contributed by atoms with Crippen molar-refractivity contribution in [3.63, 3.8) is 0 Å². The van der Waals surface area contributed by atoms with Crippen LogP contribution in [-0.2, 0) is 11.2 Å². The summed E-state index contributed by atoms with van der Waals surface area (Å²) in [6.45, 7) is 15.7. The minimum Gasteiger partial charge on any atom is -0.550 e. The molecule has 0 heterocycles. The molecular weight excluding hydrogens is 615 g/mol. The molecule has 4 radical (unpaired) electrons. The molecule has 0 aliphatic carbocycles. The molecule has 0 aliphatic heterocycles. The molecule has 1 aromatic carbocycles. The maximum atomic E-state index is 10.3. The van der Waals surface area contributed by atoms with Gasteiger partial charge in [-0.2, -0.15) is 0 Å². The topological polar surface area (TPSA) is 80.3 Å². The Bertz CT molecular complexity index is 623. The van der Waals surface area contributed by atoms with Crippen molar-refractivity contribution >= 4 is 35.8 Å². The summed E-state index contributed by atoms with van der Waals surface area (Å²) >= 11 is 0. The second kappa shape index (κ2) is 41.1. The number of unbranched alkanes of at least 4 members (excludes halogenated alkanes) is 17. The molecule has 0 bridgehead atoms. The van der Waals surface area contributed by atoms with Gasteiger partial charge >= 0.3 is 23.9 Å². The second-order valence-corrected chi connectivity index (χ2v) is 10.5. The van der Waals surface area contributed by atoms with Crippen molar-refractivity contribution < 1.29 is 19.8 Å². The number of carboxylic acid groups (broad SMARTS) is 2. The van der Waals surface area contributed by atoms with Gasteiger partial charge in [0.1, 0.15) is 0 Å². The third-order valence-corrected chi connectivity index (χ3v) is 6.54. The van der Waals surface area contributed by atoms with E-state index in [-0.39, 0.29) is 35.9 Å². The number of hydrogen-bond acceptors (Lipinski definition) is 4. The van der Waals surface area contributed by atoms with Crippen LogP contribution in [0.1, 0.15) is 178 Å². The average Bonchev–Trinajstić information content (AvgIpc) is 2.97. The number of carboxylic acids is 2. The minimum atomic E-state index is -1.12. The van der Waals surface area contributed by atoms with Crippen LogP contribution in [0.3, 0.4) is 0 Å². The Kier molecular flexibility index (Phi) is 47.0. The molecule has 0 N–H and O–H groups in total. The monoisotopic (exact) mass is 680 g/mol. The second-order valence-electron chi connectivity index (χ2n) is 10.5. The zero-order valence-electron chi connectivity index (χ0n) is 27.4. The van der Waals surface area contributed by atoms with Gasteiger partial charge < -0.3 is 19.8 Å². The van der Waals surface area contributed by atoms with Crippen molar-refractivity contribution in [1.82, 2.24) is 0 Å². The van der Waals surface area contributed by atoms with E-state index in [9.17, 15) is 19.8 Å². The smallest absolute Gasteiger partial charge is 0.550 e. The molecule has 0 atom stereocenters. The van der Waals surface area contributed by atoms with Gasteiger partial charge in [-0.3, -0.25) is 0 Å². The summed E-state index contributed by atoms with van der Waals surface area (Å²) in [5.74, 6) is -2.02. The summed E-state index contributed by atoms with van der Waals surface area (Å²) in [5.41, 5.74) is 1.37. The average molecular weight is 680 g/mol. The van der Waals surface area contributed by atoms with Crippen LogP contribution in [0.4, 0.5) is 0 Å². The van der Waals surface area contributed by atoms with Crippen LogP contribution in [0.15, 0.2) is 24.3 Å². The molecule has 0 saturated carbocycles. The molecule has 0 amide bonds. The Labute approximate surface area is 272 Å². The van der Waals surface area contributed by atoms with E-state index < -0.39 is 11.9 Å². The summed E-state index contributed by atoms with van der Waals surface area (Å²) in [6, 6.07) is 6.72. The van der Waals surface area contributed by atoms with Crippen LogP contribution in [0, 0.1) is 13.8 Å². The number of carbonyl (C=O) groups is 2. The van der Waals surface area contributed by atoms with E-state index in [0.717, 1.165) is 37.7 Å². The number of benzene rings is 1. The first-order valence-electron chi connectivity index (χ1n) is 16.4. The molecule has 5 heteroatoms. The molecule has 41 heavy (non-hydrogen) atoms. The number of hydrogen-bond donors (Lipinski definition) is 0. The van der Waals surface area contributed by atoms with Gasteiger partial charge in [0.15, 0.2) is 0 Å². The molecule has 236 valence electrons. The molecule has 4 nitrogen and oxygen atoms in total. The first-order valence-corrected chi connectivity index (χ1v) is 16.4. The van der Waals surface area contributed by atoms with E-state index in [1.165, 1.54) is 103 Å². The number of aryl methyl sites for hydroxylation is 1. The van der Waals surface area contributed by atoms with Crippen LogP contribution < -0.4 is 10.2 Å². The van der Waals surface area contributed by atoms with Gasteiger partial charge in [0, 0.05) is 5.97 Å². The molecular formula is C36H64O4Sn. The Morgan fingerprint density at radius 2 is 0.878 bits per heavy atom. The van der Waals surface area contributed by atoms with Gasteiger partial charge in [-0.25, -0.2) is 0 Å². The molecule has 0 spiro atoms. The molecule has 1 aromatic rings. The van der Waals surface area contributed by atoms with Crippen molar-refractivity contribution in [2.45, 2.75) is 169 Å². The van der Waals surface area contributed by atoms with Gasteiger partial charge in [0.25, 0.3) is 0 Å². The Morgan fingerprint density at radius 1 is 0.561 bits per heavy atom. The van der Waals surface area contributed by atoms with Gasteiger partial charge in [0.05, 0.1) is 5.97 Å². The van der Waals surface area contributed by atoms with E-state index in [1.54, 1.807) is 24.3 Å². The Hall–Kier alpha value is -1.04. The molecule has 0 saturated heterocycles. The largest absolute Gasteiger partial charge is 2.00 e. The maximum Gasteiger partial charge on any atom is 2.00 e. The number of aliphatic carboxylic acids is 1. The van der Waals surface area contributed by atoms with Crippen molar-refractivity contribution in [3.05, 3.63) is 49.2 Å². The van der Waals surface area contributed by atoms with Gasteiger partial charge in [-0.1, -0.05) is 188 Å². The van der Waals surface area contributed by atoms with Gasteiger partial charge in [-0.05, 0) is 30.4 Å². The first kappa shape index (κ1) is 46.9. The predicted molar refractivity (Wildman–Crippen MR) is 176 cm³/mol. The van der Waals surface area contributed by atoms with Crippen molar-refractivity contribution in [2.24, 2.45) is 0 Å². The fraction of sp³-hybridized carbons (Fsp3) is 0.722. The standard InChI is InChI=1S/C19H38O2.C9H10O2.2C4H9.Sn/c1-2-3-4-5-6-7-8-9-10-11-12-13-14-15-16-17-18-19(20)21;1-2-7-3-5-8(6-4-7)9(10)11;2*1-3-4-2;/h2-18H2,1H3,(H,20,21);3-6H,2H2,1H3,(H,10,11);2*1,3-4H2,2H3;/q;;;;+2/p-2. The zero-order chi connectivity index (χ0) is 30.7. The summed E-state index contributed by atoms with van der Waals surface area (Å²) in [7, 11) is 0. The van der Waals surface area contributed by atoms with Gasteiger partial charge in [-0.15, -0.1) is 0 Å². The van der Waals surface area contributed by atoms with Crippen LogP contribution in [0.2, 0.25) is 0 Å². The normalized spacial score (nSPS) is 9.61. The van der Waals surface area contributed by atoms with Crippen molar-refractivity contribution in [1.29, 1.82) is 0 Å². The van der Waals surface area contributed by atoms with E-state index in [1.807, 2.05) is 6.92 Å². The Balaban J connectivity index is -0.000000283. The molecule has 0 aromatic heterocycles. The van der Waals surface area contributed by atoms with Crippen LogP contribution >= 0.6 is 0 Å². The number of rotatable bonds is 21. The van der Waals surface area contributed by atoms with Crippen LogP contribution in [0.5, 0.6) is 0 Å².